The van der Waals surface area contributed by atoms with Crippen LogP contribution in [0.4, 0.5) is 0 Å². The van der Waals surface area contributed by atoms with Crippen LogP contribution in [0.5, 0.6) is 0 Å². The monoisotopic (exact) mass is 469 g/mol. The second-order valence-electron chi connectivity index (χ2n) is 9.20. The van der Waals surface area contributed by atoms with Crippen molar-refractivity contribution in [2.24, 2.45) is 0 Å². The van der Waals surface area contributed by atoms with E-state index in [1.807, 2.05) is 6.07 Å². The molecular formula is C26H35N3O3S. The lowest BCUT2D eigenvalue weighted by atomic mass is 10.0. The van der Waals surface area contributed by atoms with Crippen LogP contribution in [0.25, 0.3) is 0 Å². The molecule has 33 heavy (non-hydrogen) atoms. The molecule has 178 valence electrons. The normalized spacial score (nSPS) is 18.2. The number of carbonyl (C=O) groups excluding carboxylic acids is 1. The van der Waals surface area contributed by atoms with Crippen molar-refractivity contribution < 1.29 is 13.2 Å². The van der Waals surface area contributed by atoms with Crippen LogP contribution in [0, 0.1) is 0 Å². The Morgan fingerprint density at radius 2 is 1.39 bits per heavy atom. The molecule has 1 N–H and O–H groups in total. The van der Waals surface area contributed by atoms with E-state index in [-0.39, 0.29) is 11.7 Å². The lowest BCUT2D eigenvalue weighted by Gasteiger charge is -2.27. The Bertz CT molecular complexity index is 1030. The molecule has 0 radical (unpaired) electrons. The quantitative estimate of drug-likeness (QED) is 0.636. The first kappa shape index (κ1) is 23.9. The summed E-state index contributed by atoms with van der Waals surface area (Å²) in [5.41, 5.74) is 3.66. The van der Waals surface area contributed by atoms with Crippen molar-refractivity contribution in [2.45, 2.75) is 57.4 Å². The summed E-state index contributed by atoms with van der Waals surface area (Å²) >= 11 is 0. The van der Waals surface area contributed by atoms with Crippen molar-refractivity contribution >= 4 is 15.9 Å². The topological polar surface area (TPSA) is 69.7 Å². The average Bonchev–Trinajstić information content (AvgIpc) is 2.85. The van der Waals surface area contributed by atoms with Crippen LogP contribution in [0.1, 0.15) is 65.6 Å². The molecule has 2 saturated heterocycles. The highest BCUT2D eigenvalue weighted by Gasteiger charge is 2.24. The number of carbonyl (C=O) groups is 1. The molecule has 2 aromatic rings. The molecule has 2 heterocycles. The predicted octanol–water partition coefficient (Wildman–Crippen LogP) is 3.92. The van der Waals surface area contributed by atoms with Gasteiger partial charge in [-0.1, -0.05) is 49.2 Å². The predicted molar refractivity (Wildman–Crippen MR) is 131 cm³/mol. The molecule has 6 nitrogen and oxygen atoms in total. The summed E-state index contributed by atoms with van der Waals surface area (Å²) in [4.78, 5) is 15.2. The van der Waals surface area contributed by atoms with Crippen molar-refractivity contribution in [3.63, 3.8) is 0 Å². The van der Waals surface area contributed by atoms with Gasteiger partial charge in [-0.2, -0.15) is 0 Å². The molecular weight excluding hydrogens is 434 g/mol. The molecule has 1 amide bonds. The third kappa shape index (κ3) is 6.65. The Kier molecular flexibility index (Phi) is 8.17. The molecule has 0 bridgehead atoms. The van der Waals surface area contributed by atoms with E-state index in [4.69, 9.17) is 0 Å². The van der Waals surface area contributed by atoms with Crippen LogP contribution in [0.15, 0.2) is 48.5 Å². The van der Waals surface area contributed by atoms with Gasteiger partial charge in [0.05, 0.1) is 5.75 Å². The summed E-state index contributed by atoms with van der Waals surface area (Å²) in [5, 5.41) is 3.03. The summed E-state index contributed by atoms with van der Waals surface area (Å²) in [6.45, 7) is 4.91. The summed E-state index contributed by atoms with van der Waals surface area (Å²) < 4.78 is 26.9. The first-order chi connectivity index (χ1) is 16.0. The minimum atomic E-state index is -3.30. The van der Waals surface area contributed by atoms with Gasteiger partial charge in [0, 0.05) is 31.7 Å². The van der Waals surface area contributed by atoms with E-state index >= 15 is 0 Å². The van der Waals surface area contributed by atoms with E-state index in [9.17, 15) is 13.2 Å². The van der Waals surface area contributed by atoms with Crippen LogP contribution in [-0.2, 0) is 28.9 Å². The molecule has 7 heteroatoms. The maximum atomic E-state index is 12.7. The summed E-state index contributed by atoms with van der Waals surface area (Å²) in [6, 6.07) is 15.2. The number of sulfonamides is 1. The van der Waals surface area contributed by atoms with Gasteiger partial charge in [0.1, 0.15) is 0 Å². The SMILES string of the molecule is O=C(NCc1ccccc1CN1CCCCC1)c1ccc(CS(=O)(=O)N2CCCCC2)cc1. The van der Waals surface area contributed by atoms with Gasteiger partial charge in [0.2, 0.25) is 10.0 Å². The molecule has 0 unspecified atom stereocenters. The number of nitrogens with one attached hydrogen (secondary N) is 1. The highest BCUT2D eigenvalue weighted by atomic mass is 32.2. The fraction of sp³-hybridized carbons (Fsp3) is 0.500. The Labute approximate surface area is 198 Å². The van der Waals surface area contributed by atoms with Crippen molar-refractivity contribution in [2.75, 3.05) is 26.2 Å². The Morgan fingerprint density at radius 3 is 2.06 bits per heavy atom. The maximum absolute atomic E-state index is 12.7. The van der Waals surface area contributed by atoms with E-state index in [0.29, 0.717) is 30.8 Å². The van der Waals surface area contributed by atoms with E-state index in [1.165, 1.54) is 24.8 Å². The molecule has 2 aliphatic heterocycles. The lowest BCUT2D eigenvalue weighted by Crippen LogP contribution is -2.36. The molecule has 2 aliphatic rings. The molecule has 0 saturated carbocycles. The molecule has 0 spiro atoms. The van der Waals surface area contributed by atoms with Gasteiger partial charge < -0.3 is 5.32 Å². The Morgan fingerprint density at radius 1 is 0.788 bits per heavy atom. The smallest absolute Gasteiger partial charge is 0.251 e. The first-order valence-corrected chi connectivity index (χ1v) is 13.8. The largest absolute Gasteiger partial charge is 0.348 e. The van der Waals surface area contributed by atoms with Crippen LogP contribution < -0.4 is 5.32 Å². The fourth-order valence-electron chi connectivity index (χ4n) is 4.72. The minimum absolute atomic E-state index is 0.0151. The second kappa shape index (κ2) is 11.3. The van der Waals surface area contributed by atoms with Crippen LogP contribution in [0.2, 0.25) is 0 Å². The first-order valence-electron chi connectivity index (χ1n) is 12.2. The van der Waals surface area contributed by atoms with E-state index < -0.39 is 10.0 Å². The zero-order chi connectivity index (χ0) is 23.1. The average molecular weight is 470 g/mol. The van der Waals surface area contributed by atoms with Gasteiger partial charge in [-0.15, -0.1) is 0 Å². The van der Waals surface area contributed by atoms with Gasteiger partial charge in [-0.25, -0.2) is 12.7 Å². The molecule has 0 aliphatic carbocycles. The number of amides is 1. The fourth-order valence-corrected chi connectivity index (χ4v) is 6.33. The van der Waals surface area contributed by atoms with Crippen LogP contribution in [0.3, 0.4) is 0 Å². The van der Waals surface area contributed by atoms with Gasteiger partial charge in [0.25, 0.3) is 5.91 Å². The Balaban J connectivity index is 1.33. The number of piperidine rings is 2. The standard InChI is InChI=1S/C26H35N3O3S/c30-26(27-19-24-9-3-4-10-25(24)20-28-15-5-1-6-16-28)23-13-11-22(12-14-23)21-33(31,32)29-17-7-2-8-18-29/h3-4,9-14H,1-2,5-8,15-21H2,(H,27,30). The second-order valence-corrected chi connectivity index (χ2v) is 11.2. The molecule has 0 atom stereocenters. The van der Waals surface area contributed by atoms with Crippen LogP contribution in [-0.4, -0.2) is 49.7 Å². The molecule has 4 rings (SSSR count). The minimum Gasteiger partial charge on any atom is -0.348 e. The Hall–Kier alpha value is -2.22. The van der Waals surface area contributed by atoms with E-state index in [1.54, 1.807) is 28.6 Å². The summed E-state index contributed by atoms with van der Waals surface area (Å²) in [5.74, 6) is -0.160. The van der Waals surface area contributed by atoms with Crippen molar-refractivity contribution in [3.8, 4) is 0 Å². The van der Waals surface area contributed by atoms with Gasteiger partial charge in [-0.05, 0) is 67.6 Å². The summed E-state index contributed by atoms with van der Waals surface area (Å²) in [7, 11) is -3.30. The van der Waals surface area contributed by atoms with E-state index in [0.717, 1.165) is 44.5 Å². The maximum Gasteiger partial charge on any atom is 0.251 e. The number of benzene rings is 2. The number of hydrogen-bond donors (Lipinski definition) is 1. The molecule has 2 aromatic carbocycles. The van der Waals surface area contributed by atoms with Crippen molar-refractivity contribution in [1.29, 1.82) is 0 Å². The number of rotatable bonds is 8. The number of likely N-dealkylation sites (tertiary alicyclic amines) is 1. The third-order valence-corrected chi connectivity index (χ3v) is 8.52. The van der Waals surface area contributed by atoms with Crippen molar-refractivity contribution in [3.05, 3.63) is 70.8 Å². The van der Waals surface area contributed by atoms with Crippen LogP contribution >= 0.6 is 0 Å². The molecule has 2 fully saturated rings. The molecule has 0 aromatic heterocycles. The zero-order valence-corrected chi connectivity index (χ0v) is 20.2. The van der Waals surface area contributed by atoms with Gasteiger partial charge in [0.15, 0.2) is 0 Å². The highest BCUT2D eigenvalue weighted by molar-refractivity contribution is 7.88. The zero-order valence-electron chi connectivity index (χ0n) is 19.3. The highest BCUT2D eigenvalue weighted by Crippen LogP contribution is 2.18. The van der Waals surface area contributed by atoms with E-state index in [2.05, 4.69) is 28.4 Å². The van der Waals surface area contributed by atoms with Gasteiger partial charge >= 0.3 is 0 Å². The van der Waals surface area contributed by atoms with Crippen molar-refractivity contribution in [1.82, 2.24) is 14.5 Å². The third-order valence-electron chi connectivity index (χ3n) is 6.67. The lowest BCUT2D eigenvalue weighted by molar-refractivity contribution is 0.0950. The number of hydrogen-bond acceptors (Lipinski definition) is 4. The number of nitrogens with zero attached hydrogens (tertiary/aromatic N) is 2. The summed E-state index contributed by atoms with van der Waals surface area (Å²) in [6.07, 6.45) is 6.79. The van der Waals surface area contributed by atoms with Gasteiger partial charge in [-0.3, -0.25) is 9.69 Å².